The van der Waals surface area contributed by atoms with Gasteiger partial charge in [-0.1, -0.05) is 30.3 Å². The van der Waals surface area contributed by atoms with Crippen LogP contribution >= 0.6 is 0 Å². The molecule has 1 aliphatic carbocycles. The first-order valence-corrected chi connectivity index (χ1v) is 8.33. The highest BCUT2D eigenvalue weighted by Gasteiger charge is 2.48. The van der Waals surface area contributed by atoms with Crippen molar-refractivity contribution in [2.75, 3.05) is 6.54 Å². The molecule has 0 radical (unpaired) electrons. The van der Waals surface area contributed by atoms with Crippen LogP contribution in [0.25, 0.3) is 0 Å². The molecule has 1 aromatic heterocycles. The number of carbonyl (C=O) groups excluding carboxylic acids is 2. The number of amides is 2. The smallest absolute Gasteiger partial charge is 0.255 e. The minimum Gasteiger partial charge on any atom is -0.469 e. The van der Waals surface area contributed by atoms with Crippen molar-refractivity contribution in [1.82, 2.24) is 10.2 Å². The Balaban J connectivity index is 1.38. The fourth-order valence-electron chi connectivity index (χ4n) is 3.62. The van der Waals surface area contributed by atoms with Crippen molar-refractivity contribution in [3.63, 3.8) is 0 Å². The van der Waals surface area contributed by atoms with Crippen LogP contribution in [0.1, 0.15) is 40.4 Å². The maximum absolute atomic E-state index is 12.3. The average Bonchev–Trinajstić information content (AvgIpc) is 3.12. The standard InChI is InChI=1S/C19H20N2O3/c1-12-15(7-8-24-12)19(23)20-14-9-18(22)21(11-14)17-10-16(17)13-5-3-2-4-6-13/h2-8,14,16-17H,9-11H2,1H3,(H,20,23)/t14-,16-,17-/m1/s1. The predicted molar refractivity (Wildman–Crippen MR) is 88.6 cm³/mol. The first-order chi connectivity index (χ1) is 11.6. The molecule has 24 heavy (non-hydrogen) atoms. The molecule has 4 rings (SSSR count). The molecular formula is C19H20N2O3. The van der Waals surface area contributed by atoms with Crippen molar-refractivity contribution in [3.8, 4) is 0 Å². The van der Waals surface area contributed by atoms with Gasteiger partial charge in [0.2, 0.25) is 5.91 Å². The third kappa shape index (κ3) is 2.70. The van der Waals surface area contributed by atoms with Crippen LogP contribution in [-0.2, 0) is 4.79 Å². The lowest BCUT2D eigenvalue weighted by Crippen LogP contribution is -2.37. The maximum atomic E-state index is 12.3. The van der Waals surface area contributed by atoms with E-state index in [0.717, 1.165) is 6.42 Å². The number of hydrogen-bond acceptors (Lipinski definition) is 3. The average molecular weight is 324 g/mol. The molecule has 2 fully saturated rings. The van der Waals surface area contributed by atoms with E-state index < -0.39 is 0 Å². The summed E-state index contributed by atoms with van der Waals surface area (Å²) in [5, 5.41) is 2.96. The molecule has 2 heterocycles. The van der Waals surface area contributed by atoms with E-state index in [0.29, 0.717) is 30.2 Å². The van der Waals surface area contributed by atoms with Crippen LogP contribution in [-0.4, -0.2) is 35.3 Å². The molecule has 5 heteroatoms. The number of furan rings is 1. The summed E-state index contributed by atoms with van der Waals surface area (Å²) < 4.78 is 5.17. The molecule has 0 bridgehead atoms. The number of nitrogens with one attached hydrogen (secondary N) is 1. The second kappa shape index (κ2) is 5.82. The minimum absolute atomic E-state index is 0.128. The molecule has 0 unspecified atom stereocenters. The van der Waals surface area contributed by atoms with Crippen LogP contribution < -0.4 is 5.32 Å². The summed E-state index contributed by atoms with van der Waals surface area (Å²) in [6.07, 6.45) is 2.89. The van der Waals surface area contributed by atoms with Gasteiger partial charge in [-0.05, 0) is 25.0 Å². The van der Waals surface area contributed by atoms with Crippen molar-refractivity contribution >= 4 is 11.8 Å². The summed E-state index contributed by atoms with van der Waals surface area (Å²) in [4.78, 5) is 26.5. The molecule has 1 saturated carbocycles. The quantitative estimate of drug-likeness (QED) is 0.940. The van der Waals surface area contributed by atoms with Crippen LogP contribution in [0.4, 0.5) is 0 Å². The molecule has 1 saturated heterocycles. The molecule has 3 atom stereocenters. The number of aryl methyl sites for hydroxylation is 1. The van der Waals surface area contributed by atoms with Gasteiger partial charge >= 0.3 is 0 Å². The van der Waals surface area contributed by atoms with Gasteiger partial charge < -0.3 is 14.6 Å². The van der Waals surface area contributed by atoms with E-state index in [1.807, 2.05) is 23.1 Å². The topological polar surface area (TPSA) is 62.6 Å². The fourth-order valence-corrected chi connectivity index (χ4v) is 3.62. The Hall–Kier alpha value is -2.56. The van der Waals surface area contributed by atoms with Crippen molar-refractivity contribution in [3.05, 3.63) is 59.5 Å². The number of nitrogens with zero attached hydrogens (tertiary/aromatic N) is 1. The third-order valence-corrected chi connectivity index (χ3v) is 4.98. The number of hydrogen-bond donors (Lipinski definition) is 1. The lowest BCUT2D eigenvalue weighted by Gasteiger charge is -2.17. The fraction of sp³-hybridized carbons (Fsp3) is 0.368. The monoisotopic (exact) mass is 324 g/mol. The molecule has 124 valence electrons. The molecular weight excluding hydrogens is 304 g/mol. The van der Waals surface area contributed by atoms with E-state index in [1.165, 1.54) is 11.8 Å². The van der Waals surface area contributed by atoms with Gasteiger partial charge in [-0.15, -0.1) is 0 Å². The highest BCUT2D eigenvalue weighted by molar-refractivity contribution is 5.95. The second-order valence-electron chi connectivity index (χ2n) is 6.63. The zero-order valence-corrected chi connectivity index (χ0v) is 13.6. The van der Waals surface area contributed by atoms with Crippen molar-refractivity contribution in [2.24, 2.45) is 0 Å². The van der Waals surface area contributed by atoms with Gasteiger partial charge in [0.1, 0.15) is 5.76 Å². The Morgan fingerprint density at radius 1 is 1.25 bits per heavy atom. The van der Waals surface area contributed by atoms with E-state index in [4.69, 9.17) is 4.42 Å². The largest absolute Gasteiger partial charge is 0.469 e. The first-order valence-electron chi connectivity index (χ1n) is 8.33. The van der Waals surface area contributed by atoms with E-state index in [2.05, 4.69) is 17.4 Å². The zero-order valence-electron chi connectivity index (χ0n) is 13.6. The van der Waals surface area contributed by atoms with Gasteiger partial charge in [0.05, 0.1) is 17.9 Å². The van der Waals surface area contributed by atoms with Crippen LogP contribution in [0.3, 0.4) is 0 Å². The summed E-state index contributed by atoms with van der Waals surface area (Å²) in [5.74, 6) is 0.990. The lowest BCUT2D eigenvalue weighted by molar-refractivity contribution is -0.128. The van der Waals surface area contributed by atoms with E-state index in [1.54, 1.807) is 13.0 Å². The third-order valence-electron chi connectivity index (χ3n) is 4.98. The van der Waals surface area contributed by atoms with Crippen LogP contribution in [0.2, 0.25) is 0 Å². The Morgan fingerprint density at radius 2 is 2.04 bits per heavy atom. The Bertz CT molecular complexity index is 768. The molecule has 0 spiro atoms. The number of benzene rings is 1. The SMILES string of the molecule is Cc1occc1C(=O)N[C@@H]1CC(=O)N([C@@H]2C[C@@H]2c2ccccc2)C1. The van der Waals surface area contributed by atoms with E-state index >= 15 is 0 Å². The number of rotatable bonds is 4. The van der Waals surface area contributed by atoms with Crippen molar-refractivity contribution in [1.29, 1.82) is 0 Å². The molecule has 2 aromatic rings. The summed E-state index contributed by atoms with van der Waals surface area (Å²) in [7, 11) is 0. The molecule has 1 aromatic carbocycles. The van der Waals surface area contributed by atoms with Crippen molar-refractivity contribution < 1.29 is 14.0 Å². The summed E-state index contributed by atoms with van der Waals surface area (Å²) in [6, 6.07) is 12.1. The van der Waals surface area contributed by atoms with Gasteiger partial charge in [-0.2, -0.15) is 0 Å². The first kappa shape index (κ1) is 15.0. The van der Waals surface area contributed by atoms with E-state index in [-0.39, 0.29) is 23.9 Å². The Kier molecular flexibility index (Phi) is 3.63. The zero-order chi connectivity index (χ0) is 16.7. The van der Waals surface area contributed by atoms with Gasteiger partial charge in [0, 0.05) is 24.9 Å². The normalized spacial score (nSPS) is 25.8. The highest BCUT2D eigenvalue weighted by Crippen LogP contribution is 2.45. The van der Waals surface area contributed by atoms with Gasteiger partial charge in [-0.25, -0.2) is 0 Å². The second-order valence-corrected chi connectivity index (χ2v) is 6.63. The molecule has 2 aliphatic rings. The summed E-state index contributed by atoms with van der Waals surface area (Å²) in [5.41, 5.74) is 1.83. The Morgan fingerprint density at radius 3 is 2.75 bits per heavy atom. The number of likely N-dealkylation sites (tertiary alicyclic amines) is 1. The van der Waals surface area contributed by atoms with Gasteiger partial charge in [-0.3, -0.25) is 9.59 Å². The van der Waals surface area contributed by atoms with Crippen LogP contribution in [0.5, 0.6) is 0 Å². The summed E-state index contributed by atoms with van der Waals surface area (Å²) in [6.45, 7) is 2.35. The predicted octanol–water partition coefficient (Wildman–Crippen LogP) is 2.47. The minimum atomic E-state index is -0.170. The maximum Gasteiger partial charge on any atom is 0.255 e. The number of carbonyl (C=O) groups is 2. The molecule has 5 nitrogen and oxygen atoms in total. The van der Waals surface area contributed by atoms with Gasteiger partial charge in [0.15, 0.2) is 0 Å². The van der Waals surface area contributed by atoms with Gasteiger partial charge in [0.25, 0.3) is 5.91 Å². The van der Waals surface area contributed by atoms with Crippen LogP contribution in [0.15, 0.2) is 47.1 Å². The van der Waals surface area contributed by atoms with E-state index in [9.17, 15) is 9.59 Å². The molecule has 1 aliphatic heterocycles. The summed E-state index contributed by atoms with van der Waals surface area (Å²) >= 11 is 0. The lowest BCUT2D eigenvalue weighted by atomic mass is 10.1. The van der Waals surface area contributed by atoms with Crippen LogP contribution in [0, 0.1) is 6.92 Å². The molecule has 1 N–H and O–H groups in total. The molecule has 2 amide bonds. The highest BCUT2D eigenvalue weighted by atomic mass is 16.3. The Labute approximate surface area is 140 Å². The van der Waals surface area contributed by atoms with Crippen molar-refractivity contribution in [2.45, 2.75) is 37.8 Å².